The Morgan fingerprint density at radius 2 is 1.88 bits per heavy atom. The van der Waals surface area contributed by atoms with Crippen molar-refractivity contribution < 1.29 is 9.53 Å². The Morgan fingerprint density at radius 3 is 2.69 bits per heavy atom. The first-order valence-corrected chi connectivity index (χ1v) is 8.87. The molecule has 5 nitrogen and oxygen atoms in total. The quantitative estimate of drug-likeness (QED) is 0.761. The van der Waals surface area contributed by atoms with E-state index in [-0.39, 0.29) is 5.91 Å². The van der Waals surface area contributed by atoms with Crippen molar-refractivity contribution in [1.82, 2.24) is 9.78 Å². The topological polar surface area (TPSA) is 56.1 Å². The van der Waals surface area contributed by atoms with Gasteiger partial charge in [-0.25, -0.2) is 4.68 Å². The molecule has 1 aromatic heterocycles. The van der Waals surface area contributed by atoms with Gasteiger partial charge in [-0.2, -0.15) is 5.10 Å². The number of fused-ring (bicyclic) bond motifs is 1. The number of carbonyl (C=O) groups is 1. The van der Waals surface area contributed by atoms with E-state index in [1.54, 1.807) is 0 Å². The van der Waals surface area contributed by atoms with Gasteiger partial charge in [-0.15, -0.1) is 0 Å². The number of rotatable bonds is 5. The monoisotopic (exact) mass is 347 g/mol. The Bertz CT molecular complexity index is 932. The van der Waals surface area contributed by atoms with Crippen molar-refractivity contribution in [2.75, 3.05) is 5.32 Å². The first kappa shape index (κ1) is 16.4. The molecule has 1 amide bonds. The van der Waals surface area contributed by atoms with Gasteiger partial charge in [0.25, 0.3) is 0 Å². The molecule has 0 aliphatic heterocycles. The number of anilines is 1. The predicted octanol–water partition coefficient (Wildman–Crippen LogP) is 3.90. The van der Waals surface area contributed by atoms with Crippen LogP contribution in [-0.2, 0) is 24.2 Å². The average Bonchev–Trinajstić information content (AvgIpc) is 3.24. The van der Waals surface area contributed by atoms with E-state index < -0.39 is 0 Å². The molecule has 0 unspecified atom stereocenters. The highest BCUT2D eigenvalue weighted by atomic mass is 16.5. The summed E-state index contributed by atoms with van der Waals surface area (Å²) in [6.07, 6.45) is 3.23. The second kappa shape index (κ2) is 7.04. The van der Waals surface area contributed by atoms with Crippen LogP contribution in [0.15, 0.2) is 54.6 Å². The summed E-state index contributed by atoms with van der Waals surface area (Å²) in [7, 11) is 0. The molecule has 0 saturated heterocycles. The molecule has 26 heavy (non-hydrogen) atoms. The van der Waals surface area contributed by atoms with Crippen LogP contribution >= 0.6 is 0 Å². The van der Waals surface area contributed by atoms with Gasteiger partial charge in [-0.3, -0.25) is 4.79 Å². The van der Waals surface area contributed by atoms with E-state index in [1.165, 1.54) is 18.2 Å². The zero-order valence-electron chi connectivity index (χ0n) is 14.7. The van der Waals surface area contributed by atoms with Gasteiger partial charge in [-0.05, 0) is 43.5 Å². The van der Waals surface area contributed by atoms with E-state index in [2.05, 4.69) is 17.4 Å². The molecule has 1 heterocycles. The van der Waals surface area contributed by atoms with Crippen LogP contribution in [0, 0.1) is 0 Å². The fourth-order valence-electron chi connectivity index (χ4n) is 3.44. The minimum atomic E-state index is -0.115. The summed E-state index contributed by atoms with van der Waals surface area (Å²) in [4.78, 5) is 11.4. The van der Waals surface area contributed by atoms with Crippen molar-refractivity contribution >= 4 is 11.6 Å². The normalized spacial score (nSPS) is 12.7. The van der Waals surface area contributed by atoms with Crippen molar-refractivity contribution in [3.8, 4) is 11.4 Å². The molecule has 0 bridgehead atoms. The highest BCUT2D eigenvalue weighted by Crippen LogP contribution is 2.30. The summed E-state index contributed by atoms with van der Waals surface area (Å²) in [6, 6.07) is 17.7. The molecule has 0 spiro atoms. The number of nitrogens with one attached hydrogen (secondary N) is 1. The highest BCUT2D eigenvalue weighted by molar-refractivity contribution is 5.90. The predicted molar refractivity (Wildman–Crippen MR) is 101 cm³/mol. The lowest BCUT2D eigenvalue weighted by molar-refractivity contribution is -0.114. The van der Waals surface area contributed by atoms with E-state index >= 15 is 0 Å². The van der Waals surface area contributed by atoms with Gasteiger partial charge < -0.3 is 10.1 Å². The van der Waals surface area contributed by atoms with Crippen LogP contribution in [0.25, 0.3) is 5.69 Å². The van der Waals surface area contributed by atoms with Crippen LogP contribution in [0.5, 0.6) is 5.75 Å². The lowest BCUT2D eigenvalue weighted by atomic mass is 10.2. The van der Waals surface area contributed by atoms with Crippen LogP contribution in [0.4, 0.5) is 5.69 Å². The minimum Gasteiger partial charge on any atom is -0.485 e. The molecule has 0 atom stereocenters. The summed E-state index contributed by atoms with van der Waals surface area (Å²) < 4.78 is 8.05. The molecule has 3 aromatic rings. The van der Waals surface area contributed by atoms with Crippen LogP contribution in [0.3, 0.4) is 0 Å². The molecule has 5 heteroatoms. The fraction of sp³-hybridized carbons (Fsp3) is 0.238. The second-order valence-corrected chi connectivity index (χ2v) is 6.44. The van der Waals surface area contributed by atoms with E-state index in [0.717, 1.165) is 30.6 Å². The first-order valence-electron chi connectivity index (χ1n) is 8.87. The highest BCUT2D eigenvalue weighted by Gasteiger charge is 2.23. The first-order chi connectivity index (χ1) is 12.7. The fourth-order valence-corrected chi connectivity index (χ4v) is 3.44. The number of para-hydroxylation sites is 3. The Balaban J connectivity index is 1.60. The maximum atomic E-state index is 11.4. The summed E-state index contributed by atoms with van der Waals surface area (Å²) in [6.45, 7) is 1.88. The number of amides is 1. The summed E-state index contributed by atoms with van der Waals surface area (Å²) in [5.74, 6) is 0.541. The van der Waals surface area contributed by atoms with E-state index in [0.29, 0.717) is 18.0 Å². The minimum absolute atomic E-state index is 0.115. The second-order valence-electron chi connectivity index (χ2n) is 6.44. The smallest absolute Gasteiger partial charge is 0.221 e. The van der Waals surface area contributed by atoms with Crippen molar-refractivity contribution in [3.05, 3.63) is 71.5 Å². The van der Waals surface area contributed by atoms with Crippen molar-refractivity contribution in [1.29, 1.82) is 0 Å². The van der Waals surface area contributed by atoms with Crippen molar-refractivity contribution in [2.45, 2.75) is 32.8 Å². The molecule has 1 aliphatic carbocycles. The van der Waals surface area contributed by atoms with E-state index in [1.807, 2.05) is 47.1 Å². The summed E-state index contributed by atoms with van der Waals surface area (Å²) in [5.41, 5.74) is 5.31. The van der Waals surface area contributed by atoms with Gasteiger partial charge in [0, 0.05) is 18.2 Å². The maximum Gasteiger partial charge on any atom is 0.221 e. The molecular weight excluding hydrogens is 326 g/mol. The molecule has 4 rings (SSSR count). The van der Waals surface area contributed by atoms with Crippen molar-refractivity contribution in [3.63, 3.8) is 0 Å². The van der Waals surface area contributed by atoms with E-state index in [4.69, 9.17) is 9.84 Å². The van der Waals surface area contributed by atoms with Gasteiger partial charge >= 0.3 is 0 Å². The van der Waals surface area contributed by atoms with Crippen LogP contribution in [0.2, 0.25) is 0 Å². The molecule has 1 N–H and O–H groups in total. The maximum absolute atomic E-state index is 11.4. The lowest BCUT2D eigenvalue weighted by Crippen LogP contribution is -2.08. The van der Waals surface area contributed by atoms with Crippen LogP contribution in [0.1, 0.15) is 30.3 Å². The third-order valence-corrected chi connectivity index (χ3v) is 4.58. The summed E-state index contributed by atoms with van der Waals surface area (Å²) in [5, 5.41) is 7.62. The Labute approximate surface area is 152 Å². The molecule has 2 aromatic carbocycles. The van der Waals surface area contributed by atoms with Gasteiger partial charge in [0.05, 0.1) is 11.4 Å². The largest absolute Gasteiger partial charge is 0.485 e. The zero-order valence-corrected chi connectivity index (χ0v) is 14.7. The molecule has 1 aliphatic rings. The molecule has 132 valence electrons. The van der Waals surface area contributed by atoms with Gasteiger partial charge in [0.1, 0.15) is 18.1 Å². The SMILES string of the molecule is CC(=O)Nc1ccccc1OCc1nn(-c2ccccc2)c2c1CCC2. The number of carbonyl (C=O) groups excluding carboxylic acids is 1. The summed E-state index contributed by atoms with van der Waals surface area (Å²) >= 11 is 0. The average molecular weight is 347 g/mol. The van der Waals surface area contributed by atoms with Gasteiger partial charge in [0.15, 0.2) is 0 Å². The van der Waals surface area contributed by atoms with Crippen molar-refractivity contribution in [2.24, 2.45) is 0 Å². The molecule has 0 saturated carbocycles. The Morgan fingerprint density at radius 1 is 1.12 bits per heavy atom. The Kier molecular flexibility index (Phi) is 4.44. The molecular formula is C21H21N3O2. The van der Waals surface area contributed by atoms with Crippen LogP contribution < -0.4 is 10.1 Å². The third kappa shape index (κ3) is 3.20. The third-order valence-electron chi connectivity index (χ3n) is 4.58. The number of hydrogen-bond acceptors (Lipinski definition) is 3. The van der Waals surface area contributed by atoms with E-state index in [9.17, 15) is 4.79 Å². The number of aromatic nitrogens is 2. The lowest BCUT2D eigenvalue weighted by Gasteiger charge is -2.11. The molecule has 0 fully saturated rings. The number of benzene rings is 2. The van der Waals surface area contributed by atoms with Crippen LogP contribution in [-0.4, -0.2) is 15.7 Å². The number of nitrogens with zero attached hydrogens (tertiary/aromatic N) is 2. The number of ether oxygens (including phenoxy) is 1. The molecule has 0 radical (unpaired) electrons. The zero-order chi connectivity index (χ0) is 17.9. The Hall–Kier alpha value is -3.08. The number of hydrogen-bond donors (Lipinski definition) is 1. The van der Waals surface area contributed by atoms with Gasteiger partial charge in [0.2, 0.25) is 5.91 Å². The standard InChI is InChI=1S/C21H21N3O2/c1-15(25)22-18-11-5-6-13-21(18)26-14-19-17-10-7-12-20(17)24(23-19)16-8-3-2-4-9-16/h2-6,8-9,11,13H,7,10,12,14H2,1H3,(H,22,25). The van der Waals surface area contributed by atoms with Gasteiger partial charge in [-0.1, -0.05) is 30.3 Å².